The molecule has 2 saturated heterocycles. The van der Waals surface area contributed by atoms with E-state index in [1.807, 2.05) is 6.07 Å². The van der Waals surface area contributed by atoms with Crippen LogP contribution in [0.4, 0.5) is 11.5 Å². The van der Waals surface area contributed by atoms with E-state index in [1.165, 1.54) is 12.8 Å². The largest absolute Gasteiger partial charge is 0.385 e. The van der Waals surface area contributed by atoms with E-state index in [0.717, 1.165) is 65.8 Å². The van der Waals surface area contributed by atoms with Crippen LogP contribution in [0.15, 0.2) is 42.6 Å². The molecule has 0 spiro atoms. The molecule has 1 atom stereocenters. The van der Waals surface area contributed by atoms with E-state index in [4.69, 9.17) is 10.1 Å². The van der Waals surface area contributed by atoms with Crippen molar-refractivity contribution >= 4 is 35.1 Å². The number of amides is 4. The van der Waals surface area contributed by atoms with Gasteiger partial charge in [0.15, 0.2) is 0 Å². The monoisotopic (exact) mass is 608 g/mol. The zero-order valence-corrected chi connectivity index (χ0v) is 25.2. The molecule has 0 bridgehead atoms. The number of fused-ring (bicyclic) bond motifs is 1. The third kappa shape index (κ3) is 5.16. The Balaban J connectivity index is 0.898. The van der Waals surface area contributed by atoms with Gasteiger partial charge in [0.25, 0.3) is 11.8 Å². The van der Waals surface area contributed by atoms with E-state index in [2.05, 4.69) is 50.9 Å². The predicted molar refractivity (Wildman–Crippen MR) is 166 cm³/mol. The van der Waals surface area contributed by atoms with Gasteiger partial charge in [0, 0.05) is 49.4 Å². The number of pyridine rings is 1. The second-order valence-electron chi connectivity index (χ2n) is 13.2. The van der Waals surface area contributed by atoms with E-state index >= 15 is 0 Å². The summed E-state index contributed by atoms with van der Waals surface area (Å²) in [4.78, 5) is 58.3. The Morgan fingerprint density at radius 1 is 0.956 bits per heavy atom. The summed E-state index contributed by atoms with van der Waals surface area (Å²) in [5, 5.41) is 14.3. The molecule has 1 unspecified atom stereocenters. The van der Waals surface area contributed by atoms with Gasteiger partial charge in [0.1, 0.15) is 11.9 Å². The van der Waals surface area contributed by atoms with Gasteiger partial charge < -0.3 is 15.5 Å². The third-order valence-electron chi connectivity index (χ3n) is 9.79. The van der Waals surface area contributed by atoms with Crippen LogP contribution in [0.25, 0.3) is 11.3 Å². The van der Waals surface area contributed by atoms with Crippen LogP contribution in [0.2, 0.25) is 0 Å². The summed E-state index contributed by atoms with van der Waals surface area (Å²) in [5.74, 6) is -0.110. The first-order valence-corrected chi connectivity index (χ1v) is 15.9. The number of nitrogens with one attached hydrogen (secondary N) is 3. The lowest BCUT2D eigenvalue weighted by atomic mass is 9.80. The first kappa shape index (κ1) is 27.9. The van der Waals surface area contributed by atoms with Crippen molar-refractivity contribution in [1.29, 1.82) is 0 Å². The molecule has 2 aliphatic carbocycles. The Bertz CT molecular complexity index is 1720. The zero-order valence-electron chi connectivity index (χ0n) is 25.2. The van der Waals surface area contributed by atoms with E-state index in [9.17, 15) is 19.2 Å². The first-order chi connectivity index (χ1) is 21.8. The second-order valence-corrected chi connectivity index (χ2v) is 13.2. The van der Waals surface area contributed by atoms with Crippen LogP contribution in [0, 0.1) is 5.92 Å². The number of carbonyl (C=O) groups excluding carboxylic acids is 4. The number of piperidine rings is 1. The number of anilines is 2. The standard InChI is InChI=1S/C33H36N8O4/c1-39-15-21(16-39)35-28-4-2-3-26(36-28)25-17-40(38-30(25)19-5-6-19)22-11-18(12-22)14-34-20-7-8-23-24(13-20)33(45)41(32(23)44)27-9-10-29(42)37-31(27)43/h2-4,7-8,13,17-19,21-22,27,34H,5-6,9-12,14-16H2,1H3,(H,35,36)(H,37,42,43). The van der Waals surface area contributed by atoms with Crippen molar-refractivity contribution in [1.82, 2.24) is 29.9 Å². The van der Waals surface area contributed by atoms with Gasteiger partial charge in [-0.25, -0.2) is 4.98 Å². The number of carbonyl (C=O) groups is 4. The average molecular weight is 609 g/mol. The van der Waals surface area contributed by atoms with Gasteiger partial charge in [-0.3, -0.25) is 34.1 Å². The van der Waals surface area contributed by atoms with Crippen LogP contribution in [-0.4, -0.2) is 87.0 Å². The minimum atomic E-state index is -0.965. The highest BCUT2D eigenvalue weighted by Crippen LogP contribution is 2.45. The fraction of sp³-hybridized carbons (Fsp3) is 0.455. The SMILES string of the molecule is CN1CC(Nc2cccc(-c3cn(C4CC(CNc5ccc6c(c5)C(=O)N(C5CCC(=O)NC5=O)C6=O)C4)nc3C3CC3)n2)C1. The molecular weight excluding hydrogens is 572 g/mol. The molecule has 12 heteroatoms. The molecule has 2 aromatic heterocycles. The number of nitrogens with zero attached hydrogens (tertiary/aromatic N) is 5. The lowest BCUT2D eigenvalue weighted by Crippen LogP contribution is -2.54. The van der Waals surface area contributed by atoms with Crippen molar-refractivity contribution in [3.05, 3.63) is 59.4 Å². The molecule has 4 amide bonds. The molecule has 2 saturated carbocycles. The van der Waals surface area contributed by atoms with E-state index in [1.54, 1.807) is 18.2 Å². The number of imide groups is 2. The van der Waals surface area contributed by atoms with Crippen LogP contribution < -0.4 is 16.0 Å². The van der Waals surface area contributed by atoms with Gasteiger partial charge in [-0.15, -0.1) is 0 Å². The van der Waals surface area contributed by atoms with E-state index in [0.29, 0.717) is 23.9 Å². The first-order valence-electron chi connectivity index (χ1n) is 15.9. The molecule has 8 rings (SSSR count). The van der Waals surface area contributed by atoms with Crippen LogP contribution in [-0.2, 0) is 9.59 Å². The minimum absolute atomic E-state index is 0.0981. The number of aromatic nitrogens is 3. The fourth-order valence-corrected chi connectivity index (χ4v) is 7.04. The summed E-state index contributed by atoms with van der Waals surface area (Å²) in [6, 6.07) is 11.1. The number of hydrogen-bond acceptors (Lipinski definition) is 9. The summed E-state index contributed by atoms with van der Waals surface area (Å²) in [7, 11) is 2.12. The summed E-state index contributed by atoms with van der Waals surface area (Å²) in [5.41, 5.74) is 4.59. The molecule has 45 heavy (non-hydrogen) atoms. The molecule has 1 aromatic carbocycles. The Kier molecular flexibility index (Phi) is 6.70. The maximum atomic E-state index is 13.2. The summed E-state index contributed by atoms with van der Waals surface area (Å²) < 4.78 is 2.14. The van der Waals surface area contributed by atoms with Crippen molar-refractivity contribution in [2.45, 2.75) is 62.6 Å². The Morgan fingerprint density at radius 3 is 2.51 bits per heavy atom. The van der Waals surface area contributed by atoms with Crippen molar-refractivity contribution in [2.75, 3.05) is 37.3 Å². The van der Waals surface area contributed by atoms with Gasteiger partial charge in [-0.1, -0.05) is 6.07 Å². The molecule has 4 fully saturated rings. The lowest BCUT2D eigenvalue weighted by molar-refractivity contribution is -0.136. The van der Waals surface area contributed by atoms with Gasteiger partial charge >= 0.3 is 0 Å². The van der Waals surface area contributed by atoms with Crippen LogP contribution in [0.5, 0.6) is 0 Å². The highest BCUT2D eigenvalue weighted by molar-refractivity contribution is 6.23. The normalized spacial score (nSPS) is 25.1. The zero-order chi connectivity index (χ0) is 30.8. The molecule has 3 aromatic rings. The topological polar surface area (TPSA) is 142 Å². The smallest absolute Gasteiger partial charge is 0.262 e. The molecule has 3 aliphatic heterocycles. The number of rotatable bonds is 9. The van der Waals surface area contributed by atoms with Crippen molar-refractivity contribution in [3.8, 4) is 11.3 Å². The molecule has 3 N–H and O–H groups in total. The Labute approximate surface area is 260 Å². The molecule has 0 radical (unpaired) electrons. The van der Waals surface area contributed by atoms with Gasteiger partial charge in [-0.2, -0.15) is 5.10 Å². The Morgan fingerprint density at radius 2 is 1.76 bits per heavy atom. The number of hydrogen-bond donors (Lipinski definition) is 3. The second kappa shape index (κ2) is 10.8. The number of likely N-dealkylation sites (tertiary alicyclic amines) is 1. The van der Waals surface area contributed by atoms with Crippen molar-refractivity contribution in [3.63, 3.8) is 0 Å². The highest BCUT2D eigenvalue weighted by atomic mass is 16.2. The van der Waals surface area contributed by atoms with Gasteiger partial charge in [0.05, 0.1) is 34.6 Å². The van der Waals surface area contributed by atoms with Gasteiger partial charge in [0.2, 0.25) is 11.8 Å². The summed E-state index contributed by atoms with van der Waals surface area (Å²) in [6.07, 6.45) is 6.76. The van der Waals surface area contributed by atoms with Crippen molar-refractivity contribution < 1.29 is 19.2 Å². The van der Waals surface area contributed by atoms with E-state index < -0.39 is 23.8 Å². The minimum Gasteiger partial charge on any atom is -0.385 e. The Hall–Kier alpha value is -4.58. The van der Waals surface area contributed by atoms with Crippen LogP contribution in [0.3, 0.4) is 0 Å². The molecule has 5 aliphatic rings. The van der Waals surface area contributed by atoms with E-state index in [-0.39, 0.29) is 29.9 Å². The quantitative estimate of drug-likeness (QED) is 0.313. The molecular formula is C33H36N8O4. The fourth-order valence-electron chi connectivity index (χ4n) is 7.04. The summed E-state index contributed by atoms with van der Waals surface area (Å²) >= 11 is 0. The summed E-state index contributed by atoms with van der Waals surface area (Å²) in [6.45, 7) is 2.80. The van der Waals surface area contributed by atoms with Crippen molar-refractivity contribution in [2.24, 2.45) is 5.92 Å². The third-order valence-corrected chi connectivity index (χ3v) is 9.79. The lowest BCUT2D eigenvalue weighted by Gasteiger charge is -2.36. The molecule has 232 valence electrons. The molecule has 12 nitrogen and oxygen atoms in total. The number of likely N-dealkylation sites (N-methyl/N-ethyl adjacent to an activating group) is 1. The average Bonchev–Trinajstić information content (AvgIpc) is 3.69. The van der Waals surface area contributed by atoms with Crippen LogP contribution in [0.1, 0.15) is 76.9 Å². The van der Waals surface area contributed by atoms with Gasteiger partial charge in [-0.05, 0) is 75.4 Å². The maximum Gasteiger partial charge on any atom is 0.262 e. The molecule has 5 heterocycles. The highest BCUT2D eigenvalue weighted by Gasteiger charge is 2.44. The number of benzene rings is 1. The van der Waals surface area contributed by atoms with Crippen LogP contribution >= 0.6 is 0 Å². The maximum absolute atomic E-state index is 13.2. The predicted octanol–water partition coefficient (Wildman–Crippen LogP) is 3.01.